The molecule has 0 fully saturated rings. The molecule has 0 bridgehead atoms. The zero-order chi connectivity index (χ0) is 23.5. The largest absolute Gasteiger partial charge is 0.397 e. The number of aromatic nitrogens is 3. The first kappa shape index (κ1) is 21.7. The van der Waals surface area contributed by atoms with Crippen LogP contribution in [0.3, 0.4) is 0 Å². The fourth-order valence-electron chi connectivity index (χ4n) is 4.17. The minimum Gasteiger partial charge on any atom is -0.397 e. The van der Waals surface area contributed by atoms with Crippen LogP contribution in [0.5, 0.6) is 0 Å². The number of nitrogen functional groups attached to an aromatic ring is 1. The van der Waals surface area contributed by atoms with Gasteiger partial charge in [0.05, 0.1) is 28.0 Å². The second-order valence-electron chi connectivity index (χ2n) is 9.64. The Labute approximate surface area is 187 Å². The molecule has 0 amide bonds. The van der Waals surface area contributed by atoms with E-state index in [2.05, 4.69) is 32.9 Å². The molecule has 32 heavy (non-hydrogen) atoms. The molecule has 2 heterocycles. The van der Waals surface area contributed by atoms with E-state index >= 15 is 0 Å². The van der Waals surface area contributed by atoms with Crippen LogP contribution in [-0.4, -0.2) is 13.7 Å². The molecule has 0 spiro atoms. The molecule has 0 radical (unpaired) electrons. The first-order chi connectivity index (χ1) is 14.9. The molecular formula is C26H30N4O2. The second-order valence-corrected chi connectivity index (χ2v) is 9.64. The van der Waals surface area contributed by atoms with Crippen LogP contribution in [0.25, 0.3) is 27.8 Å². The third kappa shape index (κ3) is 3.27. The lowest BCUT2D eigenvalue weighted by Crippen LogP contribution is -2.36. The summed E-state index contributed by atoms with van der Waals surface area (Å²) < 4.78 is 4.61. The Bertz CT molecular complexity index is 1480. The standard InChI is InChI=1S/C26H30N4O2/c1-15-12-19(27)20(13-16(15)2)30-14-21-22(24(31)29(7)25(32)28(21)6)23(30)17-8-10-18(11-9-17)26(3,4)5/h8-14H,27H2,1-7H3. The molecule has 0 atom stereocenters. The highest BCUT2D eigenvalue weighted by Gasteiger charge is 2.22. The van der Waals surface area contributed by atoms with Crippen molar-refractivity contribution < 1.29 is 0 Å². The number of fused-ring (bicyclic) bond motifs is 1. The number of rotatable bonds is 2. The number of hydrogen-bond donors (Lipinski definition) is 1. The van der Waals surface area contributed by atoms with Crippen LogP contribution in [-0.2, 0) is 19.5 Å². The molecule has 4 aromatic rings. The molecule has 0 aliphatic carbocycles. The molecule has 6 heteroatoms. The van der Waals surface area contributed by atoms with Gasteiger partial charge < -0.3 is 10.3 Å². The number of anilines is 1. The molecule has 2 N–H and O–H groups in total. The number of hydrogen-bond acceptors (Lipinski definition) is 3. The first-order valence-electron chi connectivity index (χ1n) is 10.7. The monoisotopic (exact) mass is 430 g/mol. The Hall–Kier alpha value is -3.54. The van der Waals surface area contributed by atoms with Crippen molar-refractivity contribution in [3.63, 3.8) is 0 Å². The highest BCUT2D eigenvalue weighted by atomic mass is 16.2. The molecular weight excluding hydrogens is 400 g/mol. The third-order valence-electron chi connectivity index (χ3n) is 6.37. The summed E-state index contributed by atoms with van der Waals surface area (Å²) in [5.41, 5.74) is 12.8. The van der Waals surface area contributed by atoms with Gasteiger partial charge in [0.15, 0.2) is 0 Å². The number of benzene rings is 2. The van der Waals surface area contributed by atoms with Gasteiger partial charge in [-0.2, -0.15) is 0 Å². The molecule has 4 rings (SSSR count). The number of nitrogens with two attached hydrogens (primary N) is 1. The second kappa shape index (κ2) is 7.26. The Morgan fingerprint density at radius 2 is 1.47 bits per heavy atom. The van der Waals surface area contributed by atoms with Gasteiger partial charge in [-0.1, -0.05) is 45.0 Å². The van der Waals surface area contributed by atoms with Crippen LogP contribution in [0, 0.1) is 13.8 Å². The SMILES string of the molecule is Cc1cc(N)c(-n2cc3c(c2-c2ccc(C(C)(C)C)cc2)c(=O)n(C)c(=O)n3C)cc1C. The summed E-state index contributed by atoms with van der Waals surface area (Å²) in [6, 6.07) is 12.2. The van der Waals surface area contributed by atoms with Crippen LogP contribution in [0.15, 0.2) is 52.2 Å². The average Bonchev–Trinajstić information content (AvgIpc) is 3.13. The number of aryl methyl sites for hydroxylation is 3. The van der Waals surface area contributed by atoms with E-state index < -0.39 is 0 Å². The van der Waals surface area contributed by atoms with E-state index in [4.69, 9.17) is 5.73 Å². The Kier molecular flexibility index (Phi) is 4.92. The minimum absolute atomic E-state index is 0.0150. The maximum Gasteiger partial charge on any atom is 0.330 e. The van der Waals surface area contributed by atoms with Crippen molar-refractivity contribution in [2.45, 2.75) is 40.0 Å². The summed E-state index contributed by atoms with van der Waals surface area (Å²) in [6.07, 6.45) is 1.84. The average molecular weight is 431 g/mol. The summed E-state index contributed by atoms with van der Waals surface area (Å²) in [7, 11) is 3.20. The van der Waals surface area contributed by atoms with Crippen LogP contribution in [0.1, 0.15) is 37.5 Å². The Balaban J connectivity index is 2.15. The van der Waals surface area contributed by atoms with E-state index in [1.165, 1.54) is 17.2 Å². The minimum atomic E-state index is -0.359. The van der Waals surface area contributed by atoms with Crippen LogP contribution in [0.2, 0.25) is 0 Å². The zero-order valence-corrected chi connectivity index (χ0v) is 19.8. The fraction of sp³-hybridized carbons (Fsp3) is 0.308. The highest BCUT2D eigenvalue weighted by Crippen LogP contribution is 2.35. The van der Waals surface area contributed by atoms with Crippen molar-refractivity contribution >= 4 is 16.6 Å². The van der Waals surface area contributed by atoms with Crippen LogP contribution in [0.4, 0.5) is 5.69 Å². The van der Waals surface area contributed by atoms with Crippen molar-refractivity contribution in [2.75, 3.05) is 5.73 Å². The zero-order valence-electron chi connectivity index (χ0n) is 19.8. The van der Waals surface area contributed by atoms with Gasteiger partial charge in [-0.3, -0.25) is 13.9 Å². The van der Waals surface area contributed by atoms with Crippen molar-refractivity contribution in [1.29, 1.82) is 0 Å². The van der Waals surface area contributed by atoms with Crippen LogP contribution >= 0.6 is 0 Å². The molecule has 166 valence electrons. The van der Waals surface area contributed by atoms with E-state index in [9.17, 15) is 9.59 Å². The van der Waals surface area contributed by atoms with Gasteiger partial charge in [0.2, 0.25) is 0 Å². The quantitative estimate of drug-likeness (QED) is 0.485. The summed E-state index contributed by atoms with van der Waals surface area (Å²) in [5, 5.41) is 0.496. The maximum absolute atomic E-state index is 13.3. The lowest BCUT2D eigenvalue weighted by Gasteiger charge is -2.20. The molecule has 2 aromatic heterocycles. The molecule has 6 nitrogen and oxygen atoms in total. The van der Waals surface area contributed by atoms with E-state index in [0.717, 1.165) is 32.6 Å². The highest BCUT2D eigenvalue weighted by molar-refractivity contribution is 5.95. The predicted octanol–water partition coefficient (Wildman–Crippen LogP) is 4.19. The van der Waals surface area contributed by atoms with Gasteiger partial charge in [-0.05, 0) is 53.6 Å². The smallest absolute Gasteiger partial charge is 0.330 e. The fourth-order valence-corrected chi connectivity index (χ4v) is 4.17. The lowest BCUT2D eigenvalue weighted by atomic mass is 9.86. The van der Waals surface area contributed by atoms with Crippen molar-refractivity contribution in [3.05, 3.63) is 80.1 Å². The van der Waals surface area contributed by atoms with Gasteiger partial charge in [-0.25, -0.2) is 4.79 Å². The van der Waals surface area contributed by atoms with Crippen molar-refractivity contribution in [1.82, 2.24) is 13.7 Å². The lowest BCUT2D eigenvalue weighted by molar-refractivity contribution is 0.590. The Morgan fingerprint density at radius 3 is 2.06 bits per heavy atom. The Morgan fingerprint density at radius 1 is 0.875 bits per heavy atom. The van der Waals surface area contributed by atoms with Gasteiger partial charge in [0.1, 0.15) is 0 Å². The maximum atomic E-state index is 13.3. The summed E-state index contributed by atoms with van der Waals surface area (Å²) in [5.74, 6) is 0. The first-order valence-corrected chi connectivity index (χ1v) is 10.7. The number of nitrogens with zero attached hydrogens (tertiary/aromatic N) is 3. The van der Waals surface area contributed by atoms with Gasteiger partial charge >= 0.3 is 5.69 Å². The van der Waals surface area contributed by atoms with Gasteiger partial charge in [0.25, 0.3) is 5.56 Å². The van der Waals surface area contributed by atoms with E-state index in [0.29, 0.717) is 16.6 Å². The van der Waals surface area contributed by atoms with E-state index in [-0.39, 0.29) is 16.7 Å². The van der Waals surface area contributed by atoms with Crippen molar-refractivity contribution in [3.8, 4) is 16.9 Å². The third-order valence-corrected chi connectivity index (χ3v) is 6.37. The topological polar surface area (TPSA) is 74.9 Å². The van der Waals surface area contributed by atoms with Gasteiger partial charge in [0, 0.05) is 20.3 Å². The van der Waals surface area contributed by atoms with Crippen LogP contribution < -0.4 is 17.0 Å². The molecule has 0 saturated heterocycles. The molecule has 2 aromatic carbocycles. The molecule has 0 saturated carbocycles. The molecule has 0 aliphatic rings. The summed E-state index contributed by atoms with van der Waals surface area (Å²) in [6.45, 7) is 10.6. The van der Waals surface area contributed by atoms with Crippen molar-refractivity contribution in [2.24, 2.45) is 14.1 Å². The molecule has 0 unspecified atom stereocenters. The molecule has 0 aliphatic heterocycles. The predicted molar refractivity (Wildman–Crippen MR) is 132 cm³/mol. The normalized spacial score (nSPS) is 12.0. The summed E-state index contributed by atoms with van der Waals surface area (Å²) in [4.78, 5) is 25.9. The summed E-state index contributed by atoms with van der Waals surface area (Å²) >= 11 is 0. The van der Waals surface area contributed by atoms with E-state index in [1.807, 2.05) is 48.9 Å². The van der Waals surface area contributed by atoms with Gasteiger partial charge in [-0.15, -0.1) is 0 Å². The van der Waals surface area contributed by atoms with E-state index in [1.54, 1.807) is 7.05 Å².